The summed E-state index contributed by atoms with van der Waals surface area (Å²) in [5, 5.41) is 22.0. The molecule has 0 aliphatic heterocycles. The van der Waals surface area contributed by atoms with E-state index < -0.39 is 6.10 Å². The Morgan fingerprint density at radius 3 is 2.38 bits per heavy atom. The number of rotatable bonds is 6. The number of carbonyl (C=O) groups excluding carboxylic acids is 1. The number of benzene rings is 1. The molecule has 3 N–H and O–H groups in total. The van der Waals surface area contributed by atoms with Crippen LogP contribution < -0.4 is 10.1 Å². The first-order valence-electron chi connectivity index (χ1n) is 7.10. The number of amides is 1. The molecule has 21 heavy (non-hydrogen) atoms. The lowest BCUT2D eigenvalue weighted by molar-refractivity contribution is 0.0938. The van der Waals surface area contributed by atoms with Crippen LogP contribution in [0.1, 0.15) is 47.8 Å². The molecule has 0 fully saturated rings. The Hall–Kier alpha value is -1.59. The molecule has 1 rings (SSSR count). The Balaban J connectivity index is 3.47. The van der Waals surface area contributed by atoms with Gasteiger partial charge in [-0.15, -0.1) is 0 Å². The Morgan fingerprint density at radius 2 is 1.95 bits per heavy atom. The van der Waals surface area contributed by atoms with Crippen molar-refractivity contribution in [3.05, 3.63) is 28.3 Å². The van der Waals surface area contributed by atoms with Crippen LogP contribution in [0.5, 0.6) is 5.75 Å². The summed E-state index contributed by atoms with van der Waals surface area (Å²) in [6.07, 6.45) is -0.264. The summed E-state index contributed by atoms with van der Waals surface area (Å²) >= 11 is 0. The van der Waals surface area contributed by atoms with Crippen molar-refractivity contribution in [2.75, 3.05) is 7.11 Å². The lowest BCUT2D eigenvalue weighted by Crippen LogP contribution is -2.32. The minimum absolute atomic E-state index is 0.000527. The molecule has 1 aromatic rings. The summed E-state index contributed by atoms with van der Waals surface area (Å²) in [6.45, 7) is 7.10. The second kappa shape index (κ2) is 7.43. The highest BCUT2D eigenvalue weighted by atomic mass is 16.5. The smallest absolute Gasteiger partial charge is 0.255 e. The molecule has 1 amide bonds. The largest absolute Gasteiger partial charge is 0.496 e. The number of aliphatic hydroxyl groups excluding tert-OH is 2. The van der Waals surface area contributed by atoms with Gasteiger partial charge in [0.2, 0.25) is 0 Å². The third-order valence-electron chi connectivity index (χ3n) is 3.26. The highest BCUT2D eigenvalue weighted by Crippen LogP contribution is 2.31. The van der Waals surface area contributed by atoms with Gasteiger partial charge >= 0.3 is 0 Å². The van der Waals surface area contributed by atoms with E-state index in [4.69, 9.17) is 4.74 Å². The van der Waals surface area contributed by atoms with Crippen molar-refractivity contribution in [2.45, 2.75) is 52.9 Å². The molecule has 0 saturated heterocycles. The molecule has 0 aliphatic carbocycles. The van der Waals surface area contributed by atoms with Crippen LogP contribution in [0, 0.1) is 6.92 Å². The normalized spacial score (nSPS) is 12.4. The van der Waals surface area contributed by atoms with E-state index in [2.05, 4.69) is 5.32 Å². The molecule has 0 aromatic heterocycles. The number of hydrogen-bond acceptors (Lipinski definition) is 4. The zero-order valence-corrected chi connectivity index (χ0v) is 13.4. The van der Waals surface area contributed by atoms with E-state index in [1.165, 1.54) is 7.11 Å². The number of methoxy groups -OCH3 is 1. The zero-order valence-electron chi connectivity index (χ0n) is 13.4. The first kappa shape index (κ1) is 17.5. The van der Waals surface area contributed by atoms with Gasteiger partial charge in [0.25, 0.3) is 5.91 Å². The van der Waals surface area contributed by atoms with Crippen LogP contribution in [0.15, 0.2) is 6.07 Å². The van der Waals surface area contributed by atoms with Crippen LogP contribution in [-0.4, -0.2) is 35.4 Å². The molecule has 0 bridgehead atoms. The molecule has 1 atom stereocenters. The summed E-state index contributed by atoms with van der Waals surface area (Å²) < 4.78 is 5.39. The van der Waals surface area contributed by atoms with Gasteiger partial charge in [-0.2, -0.15) is 0 Å². The maximum atomic E-state index is 12.5. The number of carbonyl (C=O) groups is 1. The fourth-order valence-electron chi connectivity index (χ4n) is 2.35. The van der Waals surface area contributed by atoms with E-state index in [0.717, 1.165) is 5.56 Å². The lowest BCUT2D eigenvalue weighted by Gasteiger charge is -2.20. The molecule has 1 unspecified atom stereocenters. The predicted molar refractivity (Wildman–Crippen MR) is 81.6 cm³/mol. The third kappa shape index (κ3) is 4.19. The van der Waals surface area contributed by atoms with E-state index in [0.29, 0.717) is 28.9 Å². The summed E-state index contributed by atoms with van der Waals surface area (Å²) in [6, 6.07) is 1.76. The molecule has 118 valence electrons. The van der Waals surface area contributed by atoms with Crippen molar-refractivity contribution in [2.24, 2.45) is 0 Å². The van der Waals surface area contributed by atoms with Gasteiger partial charge in [0.05, 0.1) is 25.4 Å². The Morgan fingerprint density at radius 1 is 1.33 bits per heavy atom. The Labute approximate surface area is 125 Å². The molecular formula is C16H25NO4. The standard InChI is InChI=1S/C16H25NO4/c1-9(2)17-16(20)14-12(6-10(3)19)7-13(8-18)11(4)15(14)21-5/h7,9-10,18-19H,6,8H2,1-5H3,(H,17,20). The van der Waals surface area contributed by atoms with Crippen LogP contribution in [0.3, 0.4) is 0 Å². The van der Waals surface area contributed by atoms with Gasteiger partial charge in [-0.05, 0) is 50.8 Å². The van der Waals surface area contributed by atoms with Gasteiger partial charge < -0.3 is 20.3 Å². The van der Waals surface area contributed by atoms with Crippen LogP contribution in [-0.2, 0) is 13.0 Å². The van der Waals surface area contributed by atoms with Crippen molar-refractivity contribution >= 4 is 5.91 Å². The fraction of sp³-hybridized carbons (Fsp3) is 0.562. The van der Waals surface area contributed by atoms with Crippen molar-refractivity contribution in [1.82, 2.24) is 5.32 Å². The van der Waals surface area contributed by atoms with Gasteiger partial charge in [0.15, 0.2) is 0 Å². The quantitative estimate of drug-likeness (QED) is 0.744. The molecule has 0 radical (unpaired) electrons. The van der Waals surface area contributed by atoms with Crippen molar-refractivity contribution in [1.29, 1.82) is 0 Å². The van der Waals surface area contributed by atoms with E-state index in [9.17, 15) is 15.0 Å². The monoisotopic (exact) mass is 295 g/mol. The summed E-state index contributed by atoms with van der Waals surface area (Å²) in [7, 11) is 1.50. The molecule has 0 aliphatic rings. The highest BCUT2D eigenvalue weighted by molar-refractivity contribution is 5.99. The minimum Gasteiger partial charge on any atom is -0.496 e. The molecule has 0 spiro atoms. The van der Waals surface area contributed by atoms with Gasteiger partial charge in [0, 0.05) is 6.04 Å². The molecular weight excluding hydrogens is 270 g/mol. The van der Waals surface area contributed by atoms with Gasteiger partial charge in [-0.25, -0.2) is 0 Å². The van der Waals surface area contributed by atoms with Gasteiger partial charge in [-0.3, -0.25) is 4.79 Å². The fourth-order valence-corrected chi connectivity index (χ4v) is 2.35. The van der Waals surface area contributed by atoms with E-state index in [-0.39, 0.29) is 18.6 Å². The second-order valence-corrected chi connectivity index (χ2v) is 5.57. The summed E-state index contributed by atoms with van der Waals surface area (Å²) in [5.41, 5.74) is 2.54. The Kier molecular flexibility index (Phi) is 6.18. The van der Waals surface area contributed by atoms with Crippen molar-refractivity contribution in [3.8, 4) is 5.75 Å². The number of hydrogen-bond donors (Lipinski definition) is 3. The average molecular weight is 295 g/mol. The van der Waals surface area contributed by atoms with E-state index in [1.54, 1.807) is 13.0 Å². The molecule has 1 aromatic carbocycles. The van der Waals surface area contributed by atoms with Crippen LogP contribution in [0.4, 0.5) is 0 Å². The summed E-state index contributed by atoms with van der Waals surface area (Å²) in [5.74, 6) is 0.223. The van der Waals surface area contributed by atoms with E-state index >= 15 is 0 Å². The van der Waals surface area contributed by atoms with Gasteiger partial charge in [-0.1, -0.05) is 6.07 Å². The van der Waals surface area contributed by atoms with Crippen LogP contribution >= 0.6 is 0 Å². The second-order valence-electron chi connectivity index (χ2n) is 5.57. The first-order valence-corrected chi connectivity index (χ1v) is 7.10. The van der Waals surface area contributed by atoms with E-state index in [1.807, 2.05) is 20.8 Å². The highest BCUT2D eigenvalue weighted by Gasteiger charge is 2.22. The van der Waals surface area contributed by atoms with Crippen LogP contribution in [0.25, 0.3) is 0 Å². The van der Waals surface area contributed by atoms with Crippen LogP contribution in [0.2, 0.25) is 0 Å². The van der Waals surface area contributed by atoms with Crippen molar-refractivity contribution < 1.29 is 19.7 Å². The number of nitrogens with one attached hydrogen (secondary N) is 1. The SMILES string of the molecule is COc1c(C)c(CO)cc(CC(C)O)c1C(=O)NC(C)C. The zero-order chi connectivity index (χ0) is 16.2. The molecule has 5 heteroatoms. The average Bonchev–Trinajstić information content (AvgIpc) is 2.38. The Bertz CT molecular complexity index is 509. The molecule has 0 heterocycles. The third-order valence-corrected chi connectivity index (χ3v) is 3.26. The maximum Gasteiger partial charge on any atom is 0.255 e. The number of aliphatic hydroxyl groups is 2. The van der Waals surface area contributed by atoms with Crippen molar-refractivity contribution in [3.63, 3.8) is 0 Å². The topological polar surface area (TPSA) is 78.8 Å². The molecule has 5 nitrogen and oxygen atoms in total. The molecule has 0 saturated carbocycles. The van der Waals surface area contributed by atoms with Gasteiger partial charge in [0.1, 0.15) is 5.75 Å². The lowest BCUT2D eigenvalue weighted by atomic mass is 9.93. The predicted octanol–water partition coefficient (Wildman–Crippen LogP) is 1.56. The summed E-state index contributed by atoms with van der Waals surface area (Å²) in [4.78, 5) is 12.5. The first-order chi connectivity index (χ1) is 9.81. The maximum absolute atomic E-state index is 12.5. The minimum atomic E-state index is -0.588. The number of ether oxygens (including phenoxy) is 1.